The molecular formula is C20H24N2O4S. The summed E-state index contributed by atoms with van der Waals surface area (Å²) in [6.45, 7) is 4.97. The number of sulfonamides is 1. The summed E-state index contributed by atoms with van der Waals surface area (Å²) in [5, 5.41) is 2.79. The molecule has 0 atom stereocenters. The lowest BCUT2D eigenvalue weighted by molar-refractivity contribution is -0.120. The number of hydrogen-bond acceptors (Lipinski definition) is 4. The van der Waals surface area contributed by atoms with E-state index in [1.807, 2.05) is 32.0 Å². The number of aryl methyl sites for hydroxylation is 1. The predicted octanol–water partition coefficient (Wildman–Crippen LogP) is 2.72. The third-order valence-electron chi connectivity index (χ3n) is 4.56. The molecule has 144 valence electrons. The van der Waals surface area contributed by atoms with E-state index in [1.165, 1.54) is 4.31 Å². The fourth-order valence-corrected chi connectivity index (χ4v) is 4.48. The van der Waals surface area contributed by atoms with Crippen molar-refractivity contribution >= 4 is 21.6 Å². The summed E-state index contributed by atoms with van der Waals surface area (Å²) >= 11 is 0. The van der Waals surface area contributed by atoms with Crippen LogP contribution in [0.15, 0.2) is 47.4 Å². The van der Waals surface area contributed by atoms with Gasteiger partial charge in [0, 0.05) is 25.4 Å². The van der Waals surface area contributed by atoms with Crippen LogP contribution in [0.1, 0.15) is 23.6 Å². The van der Waals surface area contributed by atoms with Crippen LogP contribution in [0.5, 0.6) is 0 Å². The highest BCUT2D eigenvalue weighted by Gasteiger charge is 2.28. The summed E-state index contributed by atoms with van der Waals surface area (Å²) in [4.78, 5) is 12.1. The first-order valence-electron chi connectivity index (χ1n) is 8.96. The molecule has 0 spiro atoms. The van der Waals surface area contributed by atoms with Crippen LogP contribution in [0.25, 0.3) is 0 Å². The number of rotatable bonds is 6. The lowest BCUT2D eigenvalue weighted by atomic mass is 10.0. The zero-order valence-electron chi connectivity index (χ0n) is 15.6. The van der Waals surface area contributed by atoms with Crippen molar-refractivity contribution in [1.82, 2.24) is 4.31 Å². The Bertz CT molecular complexity index is 923. The van der Waals surface area contributed by atoms with Crippen LogP contribution < -0.4 is 5.32 Å². The van der Waals surface area contributed by atoms with Crippen molar-refractivity contribution in [2.24, 2.45) is 0 Å². The van der Waals surface area contributed by atoms with E-state index in [0.717, 1.165) is 16.7 Å². The number of fused-ring (bicyclic) bond motifs is 1. The zero-order chi connectivity index (χ0) is 19.4. The van der Waals surface area contributed by atoms with Gasteiger partial charge in [0.2, 0.25) is 15.9 Å². The molecule has 6 nitrogen and oxygen atoms in total. The van der Waals surface area contributed by atoms with Crippen molar-refractivity contribution in [3.8, 4) is 0 Å². The first kappa shape index (κ1) is 19.5. The van der Waals surface area contributed by atoms with Gasteiger partial charge in [-0.05, 0) is 55.7 Å². The van der Waals surface area contributed by atoms with Crippen molar-refractivity contribution in [2.45, 2.75) is 31.7 Å². The molecule has 0 aliphatic carbocycles. The Kier molecular flexibility index (Phi) is 5.94. The molecule has 1 amide bonds. The topological polar surface area (TPSA) is 75.7 Å². The summed E-state index contributed by atoms with van der Waals surface area (Å²) < 4.78 is 32.4. The van der Waals surface area contributed by atoms with E-state index >= 15 is 0 Å². The fourth-order valence-electron chi connectivity index (χ4n) is 3.07. The van der Waals surface area contributed by atoms with E-state index in [1.54, 1.807) is 24.3 Å². The second-order valence-corrected chi connectivity index (χ2v) is 8.51. The van der Waals surface area contributed by atoms with Crippen molar-refractivity contribution in [2.75, 3.05) is 25.1 Å². The van der Waals surface area contributed by atoms with Crippen molar-refractivity contribution in [3.05, 3.63) is 59.2 Å². The Balaban J connectivity index is 1.77. The molecular weight excluding hydrogens is 364 g/mol. The van der Waals surface area contributed by atoms with Crippen LogP contribution in [-0.4, -0.2) is 38.4 Å². The monoisotopic (exact) mass is 388 g/mol. The maximum atomic E-state index is 12.9. The van der Waals surface area contributed by atoms with Crippen LogP contribution >= 0.6 is 0 Å². The van der Waals surface area contributed by atoms with Gasteiger partial charge in [-0.2, -0.15) is 4.31 Å². The second-order valence-electron chi connectivity index (χ2n) is 6.57. The van der Waals surface area contributed by atoms with E-state index in [9.17, 15) is 13.2 Å². The Morgan fingerprint density at radius 3 is 2.59 bits per heavy atom. The highest BCUT2D eigenvalue weighted by atomic mass is 32.2. The van der Waals surface area contributed by atoms with Crippen molar-refractivity contribution in [1.29, 1.82) is 0 Å². The minimum absolute atomic E-state index is 0.00150. The highest BCUT2D eigenvalue weighted by Crippen LogP contribution is 2.27. The molecule has 1 aliphatic heterocycles. The number of amides is 1. The average Bonchev–Trinajstić information content (AvgIpc) is 2.66. The molecule has 1 heterocycles. The number of carbonyl (C=O) groups excluding carboxylic acids is 1. The molecule has 0 saturated carbocycles. The van der Waals surface area contributed by atoms with Gasteiger partial charge in [0.1, 0.15) is 6.61 Å². The first-order chi connectivity index (χ1) is 12.9. The maximum absolute atomic E-state index is 12.9. The van der Waals surface area contributed by atoms with Gasteiger partial charge in [-0.15, -0.1) is 0 Å². The molecule has 0 saturated heterocycles. The largest absolute Gasteiger partial charge is 0.372 e. The molecule has 1 N–H and O–H groups in total. The number of nitrogens with zero attached hydrogens (tertiary/aromatic N) is 1. The van der Waals surface area contributed by atoms with Gasteiger partial charge < -0.3 is 10.1 Å². The summed E-state index contributed by atoms with van der Waals surface area (Å²) in [5.41, 5.74) is 3.68. The van der Waals surface area contributed by atoms with Crippen LogP contribution in [0.3, 0.4) is 0 Å². The quantitative estimate of drug-likeness (QED) is 0.826. The zero-order valence-corrected chi connectivity index (χ0v) is 16.4. The van der Waals surface area contributed by atoms with E-state index in [2.05, 4.69) is 5.32 Å². The first-order valence-corrected chi connectivity index (χ1v) is 10.4. The molecule has 0 unspecified atom stereocenters. The van der Waals surface area contributed by atoms with Gasteiger partial charge in [0.15, 0.2) is 0 Å². The number of ether oxygens (including phenoxy) is 1. The summed E-state index contributed by atoms with van der Waals surface area (Å²) in [7, 11) is -3.54. The van der Waals surface area contributed by atoms with Crippen molar-refractivity contribution < 1.29 is 17.9 Å². The molecule has 0 bridgehead atoms. The van der Waals surface area contributed by atoms with Gasteiger partial charge in [-0.25, -0.2) is 8.42 Å². The van der Waals surface area contributed by atoms with Gasteiger partial charge >= 0.3 is 0 Å². The molecule has 2 aromatic carbocycles. The van der Waals surface area contributed by atoms with Crippen LogP contribution in [0.2, 0.25) is 0 Å². The molecule has 0 fully saturated rings. The molecule has 27 heavy (non-hydrogen) atoms. The number of hydrogen-bond donors (Lipinski definition) is 1. The molecule has 0 aromatic heterocycles. The number of anilines is 1. The van der Waals surface area contributed by atoms with Crippen LogP contribution in [0, 0.1) is 6.92 Å². The van der Waals surface area contributed by atoms with Gasteiger partial charge in [-0.1, -0.05) is 23.8 Å². The Hall–Kier alpha value is -2.22. The smallest absolute Gasteiger partial charge is 0.250 e. The normalized spacial score (nSPS) is 14.6. The average molecular weight is 388 g/mol. The van der Waals surface area contributed by atoms with Crippen LogP contribution in [-0.2, 0) is 32.5 Å². The van der Waals surface area contributed by atoms with E-state index in [4.69, 9.17) is 4.74 Å². The summed E-state index contributed by atoms with van der Waals surface area (Å²) in [6, 6.07) is 12.5. The number of nitrogens with one attached hydrogen (secondary N) is 1. The maximum Gasteiger partial charge on any atom is 0.250 e. The Morgan fingerprint density at radius 2 is 1.89 bits per heavy atom. The minimum atomic E-state index is -3.54. The predicted molar refractivity (Wildman–Crippen MR) is 104 cm³/mol. The minimum Gasteiger partial charge on any atom is -0.372 e. The summed E-state index contributed by atoms with van der Waals surface area (Å²) in [6.07, 6.45) is 0.646. The van der Waals surface area contributed by atoms with Gasteiger partial charge in [-0.3, -0.25) is 4.79 Å². The third-order valence-corrected chi connectivity index (χ3v) is 6.42. The third kappa shape index (κ3) is 4.55. The molecule has 1 aliphatic rings. The van der Waals surface area contributed by atoms with E-state index in [-0.39, 0.29) is 12.5 Å². The Morgan fingerprint density at radius 1 is 1.15 bits per heavy atom. The van der Waals surface area contributed by atoms with Crippen molar-refractivity contribution in [3.63, 3.8) is 0 Å². The van der Waals surface area contributed by atoms with E-state index < -0.39 is 10.0 Å². The summed E-state index contributed by atoms with van der Waals surface area (Å²) in [5.74, 6) is -0.225. The van der Waals surface area contributed by atoms with Gasteiger partial charge in [0.05, 0.1) is 4.90 Å². The molecule has 3 rings (SSSR count). The lowest BCUT2D eigenvalue weighted by Crippen LogP contribution is -2.36. The number of carbonyl (C=O) groups is 1. The molecule has 0 radical (unpaired) electrons. The van der Waals surface area contributed by atoms with Gasteiger partial charge in [0.25, 0.3) is 0 Å². The second kappa shape index (κ2) is 8.21. The molecule has 7 heteroatoms. The fraction of sp³-hybridized carbons (Fsp3) is 0.350. The van der Waals surface area contributed by atoms with Crippen LogP contribution in [0.4, 0.5) is 5.69 Å². The highest BCUT2D eigenvalue weighted by molar-refractivity contribution is 7.89. The SMILES string of the molecule is CCOCC(=O)Nc1ccc2c(c1)CN(S(=O)(=O)c1ccc(C)cc1)CC2. The molecule has 2 aromatic rings. The number of benzene rings is 2. The lowest BCUT2D eigenvalue weighted by Gasteiger charge is -2.28. The Labute approximate surface area is 160 Å². The standard InChI is InChI=1S/C20H24N2O4S/c1-3-26-14-20(23)21-18-7-6-16-10-11-22(13-17(16)12-18)27(24,25)19-8-4-15(2)5-9-19/h4-9,12H,3,10-11,13-14H2,1-2H3,(H,21,23). The van der Waals surface area contributed by atoms with E-state index in [0.29, 0.717) is 36.7 Å².